The number of carboxylic acids is 1. The number of aliphatic carboxylic acids is 1. The largest absolute Gasteiger partial charge is 0.480 e. The van der Waals surface area contributed by atoms with Gasteiger partial charge in [-0.25, -0.2) is 9.78 Å². The van der Waals surface area contributed by atoms with Gasteiger partial charge < -0.3 is 81.8 Å². The molecule has 101 heavy (non-hydrogen) atoms. The second-order valence-corrected chi connectivity index (χ2v) is 29.4. The van der Waals surface area contributed by atoms with E-state index in [1.165, 1.54) is 94.0 Å². The number of carbonyl (C=O) groups excluding carboxylic acids is 12. The highest BCUT2D eigenvalue weighted by atomic mass is 16.4. The van der Waals surface area contributed by atoms with Crippen molar-refractivity contribution in [3.63, 3.8) is 0 Å². The van der Waals surface area contributed by atoms with E-state index in [2.05, 4.69) is 36.6 Å². The number of H-pyrrole nitrogens is 1. The molecule has 1 aliphatic rings. The molecule has 0 radical (unpaired) electrons. The lowest BCUT2D eigenvalue weighted by Crippen LogP contribution is -2.63. The molecule has 30 nitrogen and oxygen atoms in total. The Balaban J connectivity index is 0.00000278. The zero-order valence-corrected chi connectivity index (χ0v) is 64.7. The number of carboxylic acid groups (broad SMARTS) is 1. The van der Waals surface area contributed by atoms with E-state index in [1.54, 1.807) is 60.7 Å². The number of hydrogen-bond acceptors (Lipinski definition) is 16. The number of nitrogens with two attached hydrogens (primary N) is 1. The molecule has 1 aromatic rings. The van der Waals surface area contributed by atoms with Crippen molar-refractivity contribution >= 4 is 76.9 Å². The van der Waals surface area contributed by atoms with Crippen molar-refractivity contribution in [3.05, 3.63) is 30.4 Å². The zero-order chi connectivity index (χ0) is 77.9. The summed E-state index contributed by atoms with van der Waals surface area (Å²) in [6.45, 7) is 29.5. The average molecular weight is 1430 g/mol. The van der Waals surface area contributed by atoms with Gasteiger partial charge in [0.1, 0.15) is 66.5 Å². The molecule has 1 aliphatic heterocycles. The highest BCUT2D eigenvalue weighted by molar-refractivity contribution is 5.99. The van der Waals surface area contributed by atoms with Gasteiger partial charge in [-0.2, -0.15) is 0 Å². The van der Waals surface area contributed by atoms with Crippen molar-refractivity contribution in [2.75, 3.05) is 62.4 Å². The summed E-state index contributed by atoms with van der Waals surface area (Å²) in [5, 5.41) is 34.4. The van der Waals surface area contributed by atoms with Crippen molar-refractivity contribution in [2.24, 2.45) is 47.2 Å². The molecular weight excluding hydrogens is 1300 g/mol. The number of aromatic nitrogens is 2. The topological polar surface area (TPSA) is 400 Å². The van der Waals surface area contributed by atoms with E-state index in [9.17, 15) is 57.8 Å². The minimum Gasteiger partial charge on any atom is -0.480 e. The van der Waals surface area contributed by atoms with Gasteiger partial charge in [0, 0.05) is 74.9 Å². The third-order valence-corrected chi connectivity index (χ3v) is 18.0. The SMILES string of the molecule is C/C=C/C[C@@H](C)[C@@H](O)[C@H]1C(=O)N[C@@H](CC)C(=O)N(C)CC(=O)N(C)[C@@H](CC(C)C)C(=O)N[C@@H](C(C)C)C(=O)N(C)[C@@H](CC(C)C)C(=O)N[C@@H](C)C(=O)N[C@H](C)C(=O)N(C)[C@@H](CC(C)C)C(=O)N(C)[C@@H](CC(C)C)C(=O)N(C)[C@@H](C(C)C)C(=O)N1C.NCCC(=O)N[C@@H](Cc1c[nH]cn1)C(=O)O. The molecule has 0 saturated carbocycles. The second-order valence-electron chi connectivity index (χ2n) is 29.4. The third kappa shape index (κ3) is 27.7. The van der Waals surface area contributed by atoms with Crippen LogP contribution in [0.15, 0.2) is 24.7 Å². The number of likely N-dealkylation sites (N-methyl/N-ethyl adjacent to an activating group) is 7. The van der Waals surface area contributed by atoms with Crippen molar-refractivity contribution in [1.82, 2.24) is 70.9 Å². The number of amides is 12. The van der Waals surface area contributed by atoms with Crippen LogP contribution in [-0.4, -0.2) is 266 Å². The second kappa shape index (κ2) is 43.1. The Morgan fingerprint density at radius 3 is 1.50 bits per heavy atom. The summed E-state index contributed by atoms with van der Waals surface area (Å²) in [4.78, 5) is 197. The van der Waals surface area contributed by atoms with Crippen molar-refractivity contribution in [3.8, 4) is 0 Å². The fraction of sp³-hybridized carbons (Fsp3) is 0.746. The van der Waals surface area contributed by atoms with E-state index in [0.717, 1.165) is 9.80 Å². The van der Waals surface area contributed by atoms with E-state index >= 15 is 9.59 Å². The standard InChI is InChI=1S/C62H111N11O12.C9H14N4O3/c1-25-27-28-40(15)52(75)51-56(79)65-43(26-2)58(81)67(18)33-48(74)68(19)44(29-34(3)4)55(78)66-49(38(11)12)61(84)69(20)45(30-35(5)6)54(77)63-41(16)53(76)64-42(17)57(80)70(21)46(31-36(7)8)59(82)71(22)47(32-37(9)10)60(83)72(23)50(39(13)14)62(85)73(51)24;10-2-1-8(14)13-7(9(15)16)3-6-4-11-5-12-6/h25,27,34-47,49-52,75H,26,28-33H2,1-24H3,(H,63,77)(H,64,76)(H,65,79)(H,66,78);4-5,7H,1-3,10H2,(H,11,12)(H,13,14)(H,15,16)/b27-25+;/t40-,41+,42-,43+,44+,45+,46+,47+,49+,50+,51+,52-;7-/m10/s1. The molecule has 1 saturated heterocycles. The maximum absolute atomic E-state index is 15.1. The smallest absolute Gasteiger partial charge is 0.326 e. The molecule has 0 bridgehead atoms. The van der Waals surface area contributed by atoms with Crippen LogP contribution in [0.1, 0.15) is 168 Å². The van der Waals surface area contributed by atoms with Crippen molar-refractivity contribution < 1.29 is 72.5 Å². The van der Waals surface area contributed by atoms with Gasteiger partial charge in [0.2, 0.25) is 70.9 Å². The maximum Gasteiger partial charge on any atom is 0.326 e. The van der Waals surface area contributed by atoms with Gasteiger partial charge in [0.15, 0.2) is 0 Å². The van der Waals surface area contributed by atoms with Crippen LogP contribution in [0.4, 0.5) is 0 Å². The highest BCUT2D eigenvalue weighted by Gasteiger charge is 2.46. The fourth-order valence-corrected chi connectivity index (χ4v) is 11.9. The molecule has 2 heterocycles. The van der Waals surface area contributed by atoms with Gasteiger partial charge in [-0.15, -0.1) is 0 Å². The predicted octanol–water partition coefficient (Wildman–Crippen LogP) is 2.14. The Kier molecular flexibility index (Phi) is 38.8. The average Bonchev–Trinajstić information content (AvgIpc) is 0.886. The molecule has 0 spiro atoms. The molecule has 13 atom stereocenters. The van der Waals surface area contributed by atoms with Gasteiger partial charge in [0.05, 0.1) is 24.7 Å². The number of hydrogen-bond donors (Lipinski definition) is 9. The van der Waals surface area contributed by atoms with Gasteiger partial charge in [0.25, 0.3) is 0 Å². The molecular formula is C71H125N15O15. The number of rotatable bonds is 21. The molecule has 12 amide bonds. The van der Waals surface area contributed by atoms with Gasteiger partial charge >= 0.3 is 5.97 Å². The van der Waals surface area contributed by atoms with E-state index in [-0.39, 0.29) is 81.1 Å². The van der Waals surface area contributed by atoms with E-state index < -0.39 is 168 Å². The molecule has 30 heteroatoms. The number of aliphatic hydroxyl groups excluding tert-OH is 1. The predicted molar refractivity (Wildman–Crippen MR) is 384 cm³/mol. The Morgan fingerprint density at radius 2 is 1.05 bits per heavy atom. The fourth-order valence-electron chi connectivity index (χ4n) is 11.9. The zero-order valence-electron chi connectivity index (χ0n) is 64.7. The van der Waals surface area contributed by atoms with Crippen molar-refractivity contribution in [2.45, 2.75) is 242 Å². The van der Waals surface area contributed by atoms with E-state index in [4.69, 9.17) is 10.8 Å². The summed E-state index contributed by atoms with van der Waals surface area (Å²) in [5.41, 5.74) is 5.78. The molecule has 574 valence electrons. The summed E-state index contributed by atoms with van der Waals surface area (Å²) in [6.07, 6.45) is 6.35. The van der Waals surface area contributed by atoms with Crippen LogP contribution in [0.25, 0.3) is 0 Å². The molecule has 0 aromatic carbocycles. The number of aliphatic hydroxyl groups is 1. The number of nitrogens with zero attached hydrogens (tertiary/aromatic N) is 8. The lowest BCUT2D eigenvalue weighted by molar-refractivity contribution is -0.157. The summed E-state index contributed by atoms with van der Waals surface area (Å²) in [7, 11) is 9.92. The first-order valence-corrected chi connectivity index (χ1v) is 35.4. The molecule has 0 aliphatic carbocycles. The van der Waals surface area contributed by atoms with Crippen LogP contribution in [-0.2, 0) is 68.7 Å². The Bertz CT molecular complexity index is 2940. The molecule has 0 unspecified atom stereocenters. The Morgan fingerprint density at radius 1 is 0.584 bits per heavy atom. The first-order valence-electron chi connectivity index (χ1n) is 35.4. The summed E-state index contributed by atoms with van der Waals surface area (Å²) >= 11 is 0. The Labute approximate surface area is 599 Å². The molecule has 10 N–H and O–H groups in total. The number of nitrogens with one attached hydrogen (secondary N) is 6. The summed E-state index contributed by atoms with van der Waals surface area (Å²) in [6, 6.07) is -13.3. The number of imidazole rings is 1. The van der Waals surface area contributed by atoms with Crippen LogP contribution >= 0.6 is 0 Å². The van der Waals surface area contributed by atoms with Gasteiger partial charge in [-0.05, 0) is 101 Å². The van der Waals surface area contributed by atoms with Crippen LogP contribution in [0.5, 0.6) is 0 Å². The number of carbonyl (C=O) groups is 13. The molecule has 1 fully saturated rings. The van der Waals surface area contributed by atoms with E-state index in [1.807, 2.05) is 61.5 Å². The van der Waals surface area contributed by atoms with Crippen LogP contribution in [0.2, 0.25) is 0 Å². The van der Waals surface area contributed by atoms with Gasteiger partial charge in [-0.1, -0.05) is 109 Å². The maximum atomic E-state index is 15.1. The van der Waals surface area contributed by atoms with Crippen LogP contribution < -0.4 is 32.3 Å². The normalized spacial score (nSPS) is 24.6. The summed E-state index contributed by atoms with van der Waals surface area (Å²) < 4.78 is 0. The Hall–Kier alpha value is -8.02. The minimum absolute atomic E-state index is 0.0229. The number of allylic oxidation sites excluding steroid dienone is 2. The van der Waals surface area contributed by atoms with E-state index in [0.29, 0.717) is 12.1 Å². The highest BCUT2D eigenvalue weighted by Crippen LogP contribution is 2.26. The quantitative estimate of drug-likeness (QED) is 0.0796. The molecule has 2 rings (SSSR count). The lowest BCUT2D eigenvalue weighted by Gasteiger charge is -2.41. The number of aromatic amines is 1. The first kappa shape index (κ1) is 91.0. The third-order valence-electron chi connectivity index (χ3n) is 18.0. The summed E-state index contributed by atoms with van der Waals surface area (Å²) in [5.74, 6) is -11.2. The first-order chi connectivity index (χ1) is 46.8. The van der Waals surface area contributed by atoms with Crippen LogP contribution in [0.3, 0.4) is 0 Å². The van der Waals surface area contributed by atoms with Gasteiger partial charge in [-0.3, -0.25) is 57.5 Å². The molecule has 1 aromatic heterocycles. The minimum atomic E-state index is -1.61. The lowest BCUT2D eigenvalue weighted by atomic mass is 9.91. The van der Waals surface area contributed by atoms with Crippen molar-refractivity contribution in [1.29, 1.82) is 0 Å². The monoisotopic (exact) mass is 1430 g/mol. The van der Waals surface area contributed by atoms with Crippen LogP contribution in [0, 0.1) is 41.4 Å².